The Bertz CT molecular complexity index is 112. The third kappa shape index (κ3) is 2.27. The summed E-state index contributed by atoms with van der Waals surface area (Å²) in [5.74, 6) is -1.17. The van der Waals surface area contributed by atoms with Crippen molar-refractivity contribution in [3.8, 4) is 0 Å². The van der Waals surface area contributed by atoms with Crippen LogP contribution in [0.1, 0.15) is 0 Å². The Labute approximate surface area is 71.1 Å². The molecule has 0 spiro atoms. The van der Waals surface area contributed by atoms with Crippen LogP contribution in [0.3, 0.4) is 0 Å². The van der Waals surface area contributed by atoms with E-state index in [0.29, 0.717) is 0 Å². The lowest BCUT2D eigenvalue weighted by Gasteiger charge is -2.14. The number of alkyl halides is 2. The number of carboxylic acids is 1. The minimum atomic E-state index is -1.21. The zero-order valence-corrected chi connectivity index (χ0v) is 7.39. The molecule has 0 fully saturated rings. The van der Waals surface area contributed by atoms with Crippen LogP contribution >= 0.6 is 34.2 Å². The number of aliphatic hydroxyl groups is 1. The highest BCUT2D eigenvalue weighted by atomic mass is 127. The highest BCUT2D eigenvalue weighted by Gasteiger charge is 2.33. The molecule has 0 aromatic carbocycles. The van der Waals surface area contributed by atoms with E-state index in [1.54, 1.807) is 22.6 Å². The molecule has 1 unspecified atom stereocenters. The van der Waals surface area contributed by atoms with Crippen molar-refractivity contribution in [1.29, 1.82) is 0 Å². The molecule has 0 saturated carbocycles. The van der Waals surface area contributed by atoms with Crippen molar-refractivity contribution in [2.45, 2.75) is 3.42 Å². The molecular formula is C4H6ClIO3. The summed E-state index contributed by atoms with van der Waals surface area (Å²) >= 11 is 6.87. The number of aliphatic hydroxyl groups excluding tert-OH is 1. The largest absolute Gasteiger partial charge is 0.480 e. The fourth-order valence-corrected chi connectivity index (χ4v) is 0.366. The Balaban J connectivity index is 4.09. The Morgan fingerprint density at radius 2 is 2.22 bits per heavy atom. The summed E-state index contributed by atoms with van der Waals surface area (Å²) in [7, 11) is 0. The van der Waals surface area contributed by atoms with Gasteiger partial charge >= 0.3 is 5.97 Å². The zero-order valence-electron chi connectivity index (χ0n) is 4.47. The summed E-state index contributed by atoms with van der Waals surface area (Å²) in [6.45, 7) is -0.438. The maximum absolute atomic E-state index is 10.2. The minimum absolute atomic E-state index is 0.0839. The minimum Gasteiger partial charge on any atom is -0.480 e. The van der Waals surface area contributed by atoms with Gasteiger partial charge in [-0.15, -0.1) is 11.6 Å². The van der Waals surface area contributed by atoms with E-state index in [9.17, 15) is 4.79 Å². The van der Waals surface area contributed by atoms with E-state index in [1.807, 2.05) is 0 Å². The summed E-state index contributed by atoms with van der Waals surface area (Å²) in [6.07, 6.45) is 0. The van der Waals surface area contributed by atoms with Gasteiger partial charge in [0.15, 0.2) is 3.42 Å². The first-order valence-corrected chi connectivity index (χ1v) is 3.77. The van der Waals surface area contributed by atoms with Crippen molar-refractivity contribution in [1.82, 2.24) is 0 Å². The van der Waals surface area contributed by atoms with Crippen molar-refractivity contribution in [2.75, 3.05) is 12.5 Å². The molecule has 0 rings (SSSR count). The van der Waals surface area contributed by atoms with Gasteiger partial charge in [0.05, 0.1) is 6.61 Å². The zero-order chi connectivity index (χ0) is 7.49. The third-order valence-corrected chi connectivity index (χ3v) is 2.94. The Morgan fingerprint density at radius 1 is 1.78 bits per heavy atom. The van der Waals surface area contributed by atoms with Crippen molar-refractivity contribution < 1.29 is 15.0 Å². The fraction of sp³-hybridized carbons (Fsp3) is 0.750. The van der Waals surface area contributed by atoms with Gasteiger partial charge < -0.3 is 10.2 Å². The molecule has 0 aliphatic heterocycles. The van der Waals surface area contributed by atoms with Gasteiger partial charge in [-0.2, -0.15) is 0 Å². The normalized spacial score (nSPS) is 16.8. The highest BCUT2D eigenvalue weighted by molar-refractivity contribution is 14.1. The second kappa shape index (κ2) is 3.58. The molecule has 0 saturated heterocycles. The molecule has 2 N–H and O–H groups in total. The van der Waals surface area contributed by atoms with Crippen molar-refractivity contribution in [3.05, 3.63) is 0 Å². The molecule has 0 radical (unpaired) electrons. The fourth-order valence-electron chi connectivity index (χ4n) is 0.167. The van der Waals surface area contributed by atoms with Gasteiger partial charge in [0.2, 0.25) is 0 Å². The van der Waals surface area contributed by atoms with E-state index in [-0.39, 0.29) is 5.88 Å². The molecule has 9 heavy (non-hydrogen) atoms. The average Bonchev–Trinajstić information content (AvgIpc) is 1.86. The topological polar surface area (TPSA) is 57.5 Å². The monoisotopic (exact) mass is 264 g/mol. The molecule has 3 nitrogen and oxygen atoms in total. The van der Waals surface area contributed by atoms with Crippen LogP contribution in [0.2, 0.25) is 0 Å². The SMILES string of the molecule is O=C(O)C(I)(CO)CCl. The number of rotatable bonds is 3. The second-order valence-electron chi connectivity index (χ2n) is 1.56. The Kier molecular flexibility index (Phi) is 3.76. The second-order valence-corrected chi connectivity index (χ2v) is 3.89. The maximum Gasteiger partial charge on any atom is 0.323 e. The number of hydrogen-bond acceptors (Lipinski definition) is 2. The van der Waals surface area contributed by atoms with Gasteiger partial charge in [0.25, 0.3) is 0 Å². The van der Waals surface area contributed by atoms with Crippen LogP contribution in [-0.2, 0) is 4.79 Å². The molecule has 0 aromatic rings. The van der Waals surface area contributed by atoms with Crippen LogP contribution in [0.5, 0.6) is 0 Å². The number of carboxylic acid groups (broad SMARTS) is 1. The quantitative estimate of drug-likeness (QED) is 0.576. The highest BCUT2D eigenvalue weighted by Crippen LogP contribution is 2.19. The first kappa shape index (κ1) is 9.45. The number of aliphatic carboxylic acids is 1. The average molecular weight is 264 g/mol. The van der Waals surface area contributed by atoms with E-state index in [4.69, 9.17) is 21.8 Å². The smallest absolute Gasteiger partial charge is 0.323 e. The Hall–Kier alpha value is 0.450. The predicted octanol–water partition coefficient (Wildman–Crippen LogP) is 0.476. The molecular weight excluding hydrogens is 258 g/mol. The van der Waals surface area contributed by atoms with Crippen molar-refractivity contribution in [2.24, 2.45) is 0 Å². The van der Waals surface area contributed by atoms with Crippen LogP contribution in [0.25, 0.3) is 0 Å². The lowest BCUT2D eigenvalue weighted by Crippen LogP contribution is -2.37. The summed E-state index contributed by atoms with van der Waals surface area (Å²) in [5, 5.41) is 16.9. The predicted molar refractivity (Wildman–Crippen MR) is 42.2 cm³/mol. The first-order chi connectivity index (χ1) is 4.06. The molecule has 1 atom stereocenters. The van der Waals surface area contributed by atoms with Gasteiger partial charge in [0.1, 0.15) is 0 Å². The van der Waals surface area contributed by atoms with E-state index < -0.39 is 16.0 Å². The molecule has 0 bridgehead atoms. The summed E-state index contributed by atoms with van der Waals surface area (Å²) in [4.78, 5) is 10.2. The van der Waals surface area contributed by atoms with Crippen LogP contribution in [0.4, 0.5) is 0 Å². The molecule has 0 aliphatic rings. The van der Waals surface area contributed by atoms with Crippen molar-refractivity contribution in [3.63, 3.8) is 0 Å². The maximum atomic E-state index is 10.2. The van der Waals surface area contributed by atoms with Gasteiger partial charge in [-0.1, -0.05) is 22.6 Å². The van der Waals surface area contributed by atoms with E-state index in [0.717, 1.165) is 0 Å². The molecule has 0 aromatic heterocycles. The van der Waals surface area contributed by atoms with Crippen LogP contribution in [0, 0.1) is 0 Å². The number of carbonyl (C=O) groups is 1. The lowest BCUT2D eigenvalue weighted by molar-refractivity contribution is -0.139. The van der Waals surface area contributed by atoms with Crippen LogP contribution in [-0.4, -0.2) is 32.1 Å². The standard InChI is InChI=1S/C4H6ClIO3/c5-1-4(6,2-7)3(8)9/h7H,1-2H2,(H,8,9). The van der Waals surface area contributed by atoms with Gasteiger partial charge in [-0.3, -0.25) is 4.79 Å². The summed E-state index contributed by atoms with van der Waals surface area (Å²) < 4.78 is -1.21. The summed E-state index contributed by atoms with van der Waals surface area (Å²) in [5.41, 5.74) is 0. The first-order valence-electron chi connectivity index (χ1n) is 2.16. The summed E-state index contributed by atoms with van der Waals surface area (Å²) in [6, 6.07) is 0. The van der Waals surface area contributed by atoms with E-state index in [1.165, 1.54) is 0 Å². The van der Waals surface area contributed by atoms with Gasteiger partial charge in [-0.05, 0) is 0 Å². The molecule has 54 valence electrons. The van der Waals surface area contributed by atoms with Gasteiger partial charge in [-0.25, -0.2) is 0 Å². The van der Waals surface area contributed by atoms with Crippen LogP contribution < -0.4 is 0 Å². The lowest BCUT2D eigenvalue weighted by atomic mass is 10.2. The Morgan fingerprint density at radius 3 is 2.22 bits per heavy atom. The number of halogens is 2. The molecule has 0 heterocycles. The third-order valence-electron chi connectivity index (χ3n) is 0.846. The van der Waals surface area contributed by atoms with Crippen LogP contribution in [0.15, 0.2) is 0 Å². The number of hydrogen-bond donors (Lipinski definition) is 2. The van der Waals surface area contributed by atoms with E-state index >= 15 is 0 Å². The van der Waals surface area contributed by atoms with Gasteiger partial charge in [0, 0.05) is 5.88 Å². The molecule has 0 amide bonds. The van der Waals surface area contributed by atoms with Crippen molar-refractivity contribution >= 4 is 40.2 Å². The molecule has 5 heteroatoms. The molecule has 0 aliphatic carbocycles. The van der Waals surface area contributed by atoms with E-state index in [2.05, 4.69) is 0 Å².